The third-order valence-corrected chi connectivity index (χ3v) is 6.87. The standard InChI is InChI=1S/C31H28N4/c1-5-13-22(14-6-1)28-29(23-15-7-2-8-16-23)33-26(32-28)21-27-34-30(24-17-9-3-10-18-24)31(35-27)25-19-11-4-12-20-25/h1-21,28-33H,(H,34,35)/p+1/t28-,29-,30-,31-/m1/s1. The highest BCUT2D eigenvalue weighted by Crippen LogP contribution is 2.36. The van der Waals surface area contributed by atoms with E-state index in [1.165, 1.54) is 22.3 Å². The number of rotatable bonds is 5. The van der Waals surface area contributed by atoms with Gasteiger partial charge in [0.25, 0.3) is 0 Å². The van der Waals surface area contributed by atoms with Gasteiger partial charge in [0.2, 0.25) is 5.82 Å². The van der Waals surface area contributed by atoms with Gasteiger partial charge < -0.3 is 10.6 Å². The van der Waals surface area contributed by atoms with Crippen molar-refractivity contribution in [1.29, 1.82) is 0 Å². The van der Waals surface area contributed by atoms with Gasteiger partial charge in [-0.05, 0) is 16.7 Å². The highest BCUT2D eigenvalue weighted by Gasteiger charge is 2.37. The predicted octanol–water partition coefficient (Wildman–Crippen LogP) is 4.96. The van der Waals surface area contributed by atoms with Crippen molar-refractivity contribution < 1.29 is 5.32 Å². The van der Waals surface area contributed by atoms with Crippen LogP contribution in [0, 0.1) is 0 Å². The summed E-state index contributed by atoms with van der Waals surface area (Å²) in [5.41, 5.74) is 5.05. The Kier molecular flexibility index (Phi) is 5.87. The monoisotopic (exact) mass is 457 g/mol. The molecule has 4 aromatic rings. The molecule has 1 fully saturated rings. The molecule has 0 unspecified atom stereocenters. The first-order valence-electron chi connectivity index (χ1n) is 12.2. The fourth-order valence-corrected chi connectivity index (χ4v) is 5.18. The Hall–Kier alpha value is -4.15. The van der Waals surface area contributed by atoms with Crippen molar-refractivity contribution in [3.8, 4) is 0 Å². The van der Waals surface area contributed by atoms with Crippen molar-refractivity contribution in [2.75, 3.05) is 0 Å². The molecule has 0 bridgehead atoms. The molecule has 172 valence electrons. The van der Waals surface area contributed by atoms with Crippen LogP contribution >= 0.6 is 0 Å². The van der Waals surface area contributed by atoms with E-state index >= 15 is 0 Å². The smallest absolute Gasteiger partial charge is 0.202 e. The third kappa shape index (κ3) is 4.48. The first-order valence-corrected chi connectivity index (χ1v) is 12.2. The van der Waals surface area contributed by atoms with Crippen LogP contribution in [0.15, 0.2) is 138 Å². The lowest BCUT2D eigenvalue weighted by Crippen LogP contribution is -2.81. The fraction of sp³-hybridized carbons (Fsp3) is 0.129. The number of nitrogens with one attached hydrogen (secondary N) is 2. The lowest BCUT2D eigenvalue weighted by Gasteiger charge is -2.19. The summed E-state index contributed by atoms with van der Waals surface area (Å²) >= 11 is 0. The number of nitrogens with two attached hydrogens (primary N) is 1. The molecule has 4 atom stereocenters. The van der Waals surface area contributed by atoms with Crippen molar-refractivity contribution >= 4 is 5.84 Å². The summed E-state index contributed by atoms with van der Waals surface area (Å²) in [6.45, 7) is 0. The van der Waals surface area contributed by atoms with Crippen LogP contribution in [0.2, 0.25) is 0 Å². The number of nitrogens with zero attached hydrogens (tertiary/aromatic N) is 1. The van der Waals surface area contributed by atoms with Crippen LogP contribution in [0.25, 0.3) is 0 Å². The second-order valence-corrected chi connectivity index (χ2v) is 9.14. The molecule has 0 saturated carbocycles. The summed E-state index contributed by atoms with van der Waals surface area (Å²) < 4.78 is 0. The Morgan fingerprint density at radius 2 is 1.03 bits per heavy atom. The zero-order valence-corrected chi connectivity index (χ0v) is 19.5. The van der Waals surface area contributed by atoms with Crippen LogP contribution in [-0.2, 0) is 0 Å². The van der Waals surface area contributed by atoms with Gasteiger partial charge in [-0.3, -0.25) is 10.3 Å². The van der Waals surface area contributed by atoms with E-state index in [-0.39, 0.29) is 24.2 Å². The van der Waals surface area contributed by atoms with Crippen molar-refractivity contribution in [2.24, 2.45) is 4.99 Å². The van der Waals surface area contributed by atoms with Crippen LogP contribution in [0.1, 0.15) is 46.4 Å². The van der Waals surface area contributed by atoms with Gasteiger partial charge in [0.1, 0.15) is 24.0 Å². The maximum atomic E-state index is 5.14. The molecule has 0 aromatic heterocycles. The predicted molar refractivity (Wildman–Crippen MR) is 140 cm³/mol. The molecule has 2 heterocycles. The molecule has 4 nitrogen and oxygen atoms in total. The maximum absolute atomic E-state index is 5.14. The van der Waals surface area contributed by atoms with E-state index in [2.05, 4.69) is 143 Å². The van der Waals surface area contributed by atoms with Crippen molar-refractivity contribution in [1.82, 2.24) is 10.6 Å². The number of hydrogen-bond donors (Lipinski definition) is 3. The molecule has 35 heavy (non-hydrogen) atoms. The summed E-state index contributed by atoms with van der Waals surface area (Å²) in [6.07, 6.45) is 2.16. The Morgan fingerprint density at radius 3 is 1.60 bits per heavy atom. The molecule has 0 amide bonds. The lowest BCUT2D eigenvalue weighted by atomic mass is 9.95. The molecule has 0 aliphatic carbocycles. The SMILES string of the molecule is C(=C1N[C@H](c2ccccc2)[C@@H](c2ccccc2)[NH2+]1)C1=N[C@H](c2ccccc2)[C@@H](c2ccccc2)N1. The zero-order valence-electron chi connectivity index (χ0n) is 19.5. The van der Waals surface area contributed by atoms with Crippen LogP contribution in [-0.4, -0.2) is 5.84 Å². The van der Waals surface area contributed by atoms with E-state index in [9.17, 15) is 0 Å². The Balaban J connectivity index is 1.33. The van der Waals surface area contributed by atoms with E-state index in [1.54, 1.807) is 0 Å². The molecule has 6 rings (SSSR count). The molecular weight excluding hydrogens is 428 g/mol. The Bertz CT molecular complexity index is 1270. The third-order valence-electron chi connectivity index (χ3n) is 6.87. The molecular formula is C31H29N4+. The minimum Gasteiger partial charge on any atom is -0.361 e. The second-order valence-electron chi connectivity index (χ2n) is 9.14. The minimum absolute atomic E-state index is 0.0293. The molecule has 0 radical (unpaired) electrons. The molecule has 0 spiro atoms. The number of benzene rings is 4. The number of quaternary nitrogens is 1. The normalized spacial score (nSPS) is 24.6. The minimum atomic E-state index is 0.0293. The lowest BCUT2D eigenvalue weighted by molar-refractivity contribution is -0.637. The molecule has 4 aromatic carbocycles. The summed E-state index contributed by atoms with van der Waals surface area (Å²) in [5.74, 6) is 2.01. The first-order chi connectivity index (χ1) is 17.3. The average molecular weight is 458 g/mol. The molecule has 4 N–H and O–H groups in total. The van der Waals surface area contributed by atoms with Gasteiger partial charge in [-0.25, -0.2) is 0 Å². The van der Waals surface area contributed by atoms with Gasteiger partial charge in [-0.1, -0.05) is 121 Å². The van der Waals surface area contributed by atoms with Crippen LogP contribution in [0.4, 0.5) is 0 Å². The highest BCUT2D eigenvalue weighted by atomic mass is 15.2. The zero-order chi connectivity index (χ0) is 23.5. The van der Waals surface area contributed by atoms with E-state index in [4.69, 9.17) is 4.99 Å². The molecule has 2 aliphatic rings. The van der Waals surface area contributed by atoms with Crippen molar-refractivity contribution in [3.63, 3.8) is 0 Å². The quantitative estimate of drug-likeness (QED) is 0.397. The highest BCUT2D eigenvalue weighted by molar-refractivity contribution is 5.95. The van der Waals surface area contributed by atoms with Gasteiger partial charge in [-0.15, -0.1) is 0 Å². The average Bonchev–Trinajstić information content (AvgIpc) is 3.56. The van der Waals surface area contributed by atoms with E-state index < -0.39 is 0 Å². The van der Waals surface area contributed by atoms with Gasteiger partial charge in [-0.2, -0.15) is 0 Å². The summed E-state index contributed by atoms with van der Waals surface area (Å²) in [5, 5.41) is 9.82. The Labute approximate surface area is 206 Å². The Morgan fingerprint density at radius 1 is 0.543 bits per heavy atom. The molecule has 1 saturated heterocycles. The van der Waals surface area contributed by atoms with Gasteiger partial charge in [0, 0.05) is 5.56 Å². The fourth-order valence-electron chi connectivity index (χ4n) is 5.18. The number of amidine groups is 1. The number of hydrogen-bond acceptors (Lipinski definition) is 3. The van der Waals surface area contributed by atoms with Crippen molar-refractivity contribution in [3.05, 3.63) is 155 Å². The maximum Gasteiger partial charge on any atom is 0.202 e. The van der Waals surface area contributed by atoms with Gasteiger partial charge in [0.15, 0.2) is 0 Å². The van der Waals surface area contributed by atoms with E-state index in [0.717, 1.165) is 11.7 Å². The summed E-state index contributed by atoms with van der Waals surface area (Å²) in [4.78, 5) is 5.14. The van der Waals surface area contributed by atoms with Gasteiger partial charge in [0.05, 0.1) is 12.1 Å². The van der Waals surface area contributed by atoms with Crippen LogP contribution < -0.4 is 16.0 Å². The molecule has 2 aliphatic heterocycles. The topological polar surface area (TPSA) is 53.0 Å². The van der Waals surface area contributed by atoms with E-state index in [1.807, 2.05) is 0 Å². The largest absolute Gasteiger partial charge is 0.361 e. The molecule has 4 heteroatoms. The van der Waals surface area contributed by atoms with Crippen molar-refractivity contribution in [2.45, 2.75) is 24.2 Å². The van der Waals surface area contributed by atoms with Gasteiger partial charge >= 0.3 is 0 Å². The van der Waals surface area contributed by atoms with Crippen LogP contribution in [0.3, 0.4) is 0 Å². The number of aliphatic imine (C=N–C) groups is 1. The second kappa shape index (κ2) is 9.61. The van der Waals surface area contributed by atoms with E-state index in [0.29, 0.717) is 0 Å². The summed E-state index contributed by atoms with van der Waals surface area (Å²) in [7, 11) is 0. The van der Waals surface area contributed by atoms with Crippen LogP contribution in [0.5, 0.6) is 0 Å². The first kappa shape index (κ1) is 21.4. The summed E-state index contributed by atoms with van der Waals surface area (Å²) in [6, 6.07) is 43.1.